The number of amides is 2. The third-order valence-corrected chi connectivity index (χ3v) is 1.90. The summed E-state index contributed by atoms with van der Waals surface area (Å²) in [6, 6.07) is 5.82. The van der Waals surface area contributed by atoms with Crippen molar-refractivity contribution in [3.8, 4) is 0 Å². The molecule has 0 aliphatic heterocycles. The van der Waals surface area contributed by atoms with Gasteiger partial charge in [-0.1, -0.05) is 29.9 Å². The number of urea groups is 1. The van der Waals surface area contributed by atoms with Crippen molar-refractivity contribution in [3.05, 3.63) is 59.6 Å². The first-order chi connectivity index (χ1) is 8.19. The lowest BCUT2D eigenvalue weighted by Gasteiger charge is -2.15. The van der Waals surface area contributed by atoms with Crippen LogP contribution >= 0.6 is 0 Å². The van der Waals surface area contributed by atoms with E-state index in [0.29, 0.717) is 11.4 Å². The van der Waals surface area contributed by atoms with E-state index in [-0.39, 0.29) is 0 Å². The zero-order chi connectivity index (χ0) is 12.7. The molecule has 17 heavy (non-hydrogen) atoms. The number of allylic oxidation sites excluding steroid dienone is 2. The predicted octanol–water partition coefficient (Wildman–Crippen LogP) is 3.21. The predicted molar refractivity (Wildman–Crippen MR) is 66.6 cm³/mol. The van der Waals surface area contributed by atoms with Gasteiger partial charge >= 0.3 is 6.03 Å². The van der Waals surface area contributed by atoms with E-state index in [1.54, 1.807) is 30.3 Å². The highest BCUT2D eigenvalue weighted by molar-refractivity contribution is 5.92. The third-order valence-electron chi connectivity index (χ3n) is 1.90. The SMILES string of the molecule is C=C/C=C\N(C(N)=O)c1ccc(N=[N+]=[N-])cc1. The maximum Gasteiger partial charge on any atom is 0.323 e. The summed E-state index contributed by atoms with van der Waals surface area (Å²) in [5.41, 5.74) is 14.5. The normalized spacial score (nSPS) is 9.65. The number of nitrogens with two attached hydrogens (primary N) is 1. The molecule has 0 saturated carbocycles. The first-order valence-corrected chi connectivity index (χ1v) is 4.72. The maximum atomic E-state index is 11.2. The lowest BCUT2D eigenvalue weighted by atomic mass is 10.2. The quantitative estimate of drug-likeness (QED) is 0.365. The number of benzene rings is 1. The van der Waals surface area contributed by atoms with Crippen LogP contribution in [0.2, 0.25) is 0 Å². The molecule has 2 amide bonds. The molecule has 0 saturated heterocycles. The molecule has 86 valence electrons. The van der Waals surface area contributed by atoms with E-state index in [2.05, 4.69) is 16.6 Å². The van der Waals surface area contributed by atoms with Gasteiger partial charge in [0.15, 0.2) is 0 Å². The third kappa shape index (κ3) is 3.40. The largest absolute Gasteiger partial charge is 0.351 e. The van der Waals surface area contributed by atoms with Gasteiger partial charge in [-0.05, 0) is 23.7 Å². The highest BCUT2D eigenvalue weighted by Crippen LogP contribution is 2.20. The average Bonchev–Trinajstić information content (AvgIpc) is 2.31. The van der Waals surface area contributed by atoms with Gasteiger partial charge < -0.3 is 5.73 Å². The van der Waals surface area contributed by atoms with Gasteiger partial charge in [-0.15, -0.1) is 0 Å². The fraction of sp³-hybridized carbons (Fsp3) is 0. The van der Waals surface area contributed by atoms with E-state index in [0.717, 1.165) is 0 Å². The number of carbonyl (C=O) groups is 1. The summed E-state index contributed by atoms with van der Waals surface area (Å²) in [4.78, 5) is 15.1. The Kier molecular flexibility index (Phi) is 4.35. The Bertz CT molecular complexity index is 485. The van der Waals surface area contributed by atoms with Crippen molar-refractivity contribution in [1.82, 2.24) is 0 Å². The molecule has 0 aliphatic rings. The Hall–Kier alpha value is -2.72. The molecule has 0 bridgehead atoms. The topological polar surface area (TPSA) is 95.1 Å². The Morgan fingerprint density at radius 1 is 1.47 bits per heavy atom. The van der Waals surface area contributed by atoms with E-state index in [1.165, 1.54) is 17.2 Å². The van der Waals surface area contributed by atoms with Gasteiger partial charge in [0.1, 0.15) is 0 Å². The smallest absolute Gasteiger partial charge is 0.323 e. The maximum absolute atomic E-state index is 11.2. The molecular formula is C11H11N5O. The van der Waals surface area contributed by atoms with Crippen molar-refractivity contribution in [2.24, 2.45) is 10.8 Å². The van der Waals surface area contributed by atoms with Crippen LogP contribution in [0.1, 0.15) is 0 Å². The number of rotatable bonds is 4. The molecule has 6 nitrogen and oxygen atoms in total. The number of carbonyl (C=O) groups excluding carboxylic acids is 1. The summed E-state index contributed by atoms with van der Waals surface area (Å²) >= 11 is 0. The van der Waals surface area contributed by atoms with E-state index in [1.807, 2.05) is 0 Å². The molecule has 1 aromatic carbocycles. The minimum atomic E-state index is -0.611. The minimum absolute atomic E-state index is 0.466. The van der Waals surface area contributed by atoms with Gasteiger partial charge in [-0.2, -0.15) is 0 Å². The number of hydrogen-bond acceptors (Lipinski definition) is 2. The van der Waals surface area contributed by atoms with Gasteiger partial charge in [0, 0.05) is 16.8 Å². The van der Waals surface area contributed by atoms with Gasteiger partial charge in [0.2, 0.25) is 0 Å². The number of hydrogen-bond donors (Lipinski definition) is 1. The second-order valence-electron chi connectivity index (χ2n) is 2.99. The Morgan fingerprint density at radius 2 is 2.12 bits per heavy atom. The van der Waals surface area contributed by atoms with Crippen molar-refractivity contribution in [3.63, 3.8) is 0 Å². The van der Waals surface area contributed by atoms with Crippen LogP contribution in [0, 0.1) is 0 Å². The molecule has 0 radical (unpaired) electrons. The van der Waals surface area contributed by atoms with E-state index >= 15 is 0 Å². The number of primary amides is 1. The second kappa shape index (κ2) is 5.99. The molecule has 0 spiro atoms. The molecular weight excluding hydrogens is 218 g/mol. The highest BCUT2D eigenvalue weighted by atomic mass is 16.2. The van der Waals surface area contributed by atoms with Gasteiger partial charge in [-0.25, -0.2) is 4.79 Å². The van der Waals surface area contributed by atoms with Crippen LogP contribution in [-0.2, 0) is 0 Å². The lowest BCUT2D eigenvalue weighted by molar-refractivity contribution is 0.256. The molecule has 0 unspecified atom stereocenters. The molecule has 2 N–H and O–H groups in total. The number of anilines is 1. The summed E-state index contributed by atoms with van der Waals surface area (Å²) in [5.74, 6) is 0. The van der Waals surface area contributed by atoms with Crippen LogP contribution in [0.15, 0.2) is 54.3 Å². The molecule has 0 fully saturated rings. The van der Waals surface area contributed by atoms with E-state index in [9.17, 15) is 4.79 Å². The van der Waals surface area contributed by atoms with Crippen LogP contribution < -0.4 is 10.6 Å². The molecule has 6 heteroatoms. The van der Waals surface area contributed by atoms with Crippen LogP contribution in [0.25, 0.3) is 10.4 Å². The molecule has 0 heterocycles. The van der Waals surface area contributed by atoms with Crippen molar-refractivity contribution >= 4 is 17.4 Å². The van der Waals surface area contributed by atoms with Crippen LogP contribution in [0.3, 0.4) is 0 Å². The van der Waals surface area contributed by atoms with Crippen molar-refractivity contribution in [2.75, 3.05) is 4.90 Å². The number of azide groups is 1. The van der Waals surface area contributed by atoms with Crippen LogP contribution in [0.4, 0.5) is 16.2 Å². The lowest BCUT2D eigenvalue weighted by Crippen LogP contribution is -2.30. The van der Waals surface area contributed by atoms with Gasteiger partial charge in [0.05, 0.1) is 5.69 Å². The fourth-order valence-corrected chi connectivity index (χ4v) is 1.17. The summed E-state index contributed by atoms with van der Waals surface area (Å²) in [7, 11) is 0. The Labute approximate surface area is 98.3 Å². The fourth-order valence-electron chi connectivity index (χ4n) is 1.17. The molecule has 0 aliphatic carbocycles. The van der Waals surface area contributed by atoms with Crippen LogP contribution in [-0.4, -0.2) is 6.03 Å². The number of nitrogens with zero attached hydrogens (tertiary/aromatic N) is 4. The average molecular weight is 229 g/mol. The van der Waals surface area contributed by atoms with Crippen molar-refractivity contribution in [1.29, 1.82) is 0 Å². The van der Waals surface area contributed by atoms with Crippen LogP contribution in [0.5, 0.6) is 0 Å². The monoisotopic (exact) mass is 229 g/mol. The molecule has 1 aromatic rings. The zero-order valence-corrected chi connectivity index (χ0v) is 9.02. The zero-order valence-electron chi connectivity index (χ0n) is 9.02. The summed E-state index contributed by atoms with van der Waals surface area (Å²) in [6.07, 6.45) is 4.62. The summed E-state index contributed by atoms with van der Waals surface area (Å²) in [5, 5.41) is 3.43. The van der Waals surface area contributed by atoms with E-state index in [4.69, 9.17) is 11.3 Å². The summed E-state index contributed by atoms with van der Waals surface area (Å²) in [6.45, 7) is 3.50. The van der Waals surface area contributed by atoms with Crippen molar-refractivity contribution in [2.45, 2.75) is 0 Å². The summed E-state index contributed by atoms with van der Waals surface area (Å²) < 4.78 is 0. The first-order valence-electron chi connectivity index (χ1n) is 4.72. The highest BCUT2D eigenvalue weighted by Gasteiger charge is 2.07. The molecule has 0 aromatic heterocycles. The van der Waals surface area contributed by atoms with Gasteiger partial charge in [0.25, 0.3) is 0 Å². The molecule has 0 atom stereocenters. The molecule has 1 rings (SSSR count). The van der Waals surface area contributed by atoms with E-state index < -0.39 is 6.03 Å². The first kappa shape index (κ1) is 12.4. The Morgan fingerprint density at radius 3 is 2.59 bits per heavy atom. The van der Waals surface area contributed by atoms with Gasteiger partial charge in [-0.3, -0.25) is 4.90 Å². The van der Waals surface area contributed by atoms with Crippen molar-refractivity contribution < 1.29 is 4.79 Å². The standard InChI is InChI=1S/C11H11N5O/c1-2-3-8-16(11(12)17)10-6-4-9(5-7-10)14-15-13/h2-8H,1H2,(H2,12,17)/b8-3-. The Balaban J connectivity index is 3.02. The minimum Gasteiger partial charge on any atom is -0.351 e. The second-order valence-corrected chi connectivity index (χ2v) is 2.99.